The van der Waals surface area contributed by atoms with E-state index in [9.17, 15) is 9.59 Å². The summed E-state index contributed by atoms with van der Waals surface area (Å²) < 4.78 is 0. The van der Waals surface area contributed by atoms with Gasteiger partial charge in [-0.25, -0.2) is 4.79 Å². The van der Waals surface area contributed by atoms with Crippen molar-refractivity contribution in [2.24, 2.45) is 5.92 Å². The van der Waals surface area contributed by atoms with Crippen molar-refractivity contribution in [3.05, 3.63) is 35.4 Å². The van der Waals surface area contributed by atoms with E-state index in [4.69, 9.17) is 5.11 Å². The molecule has 0 unspecified atom stereocenters. The van der Waals surface area contributed by atoms with Crippen LogP contribution in [0, 0.1) is 5.92 Å². The van der Waals surface area contributed by atoms with E-state index in [0.717, 1.165) is 0 Å². The summed E-state index contributed by atoms with van der Waals surface area (Å²) in [5.74, 6) is -1.16. The molecule has 0 spiro atoms. The molecule has 0 bridgehead atoms. The fourth-order valence-electron chi connectivity index (χ4n) is 1.14. The first-order valence-electron chi connectivity index (χ1n) is 4.40. The molecule has 0 aromatic heterocycles. The fourth-order valence-corrected chi connectivity index (χ4v) is 1.14. The number of benzene rings is 1. The normalized spacial score (nSPS) is 9.53. The number of hydrogen-bond donors (Lipinski definition) is 1. The van der Waals surface area contributed by atoms with Gasteiger partial charge in [-0.2, -0.15) is 0 Å². The Morgan fingerprint density at radius 3 is 2.20 bits per heavy atom. The summed E-state index contributed by atoms with van der Waals surface area (Å²) in [6.07, 6.45) is 0. The van der Waals surface area contributed by atoms with Gasteiger partial charge in [0.15, 0.2) is 5.78 Å². The van der Waals surface area contributed by atoms with E-state index in [1.165, 1.54) is 12.1 Å². The van der Waals surface area contributed by atoms with Crippen molar-refractivity contribution in [2.45, 2.75) is 13.8 Å². The van der Waals surface area contributed by atoms with E-state index < -0.39 is 5.97 Å². The molecule has 15 heavy (non-hydrogen) atoms. The molecule has 0 aliphatic carbocycles. The first-order chi connectivity index (χ1) is 6.52. The third kappa shape index (κ3) is 3.36. The summed E-state index contributed by atoms with van der Waals surface area (Å²) in [6, 6.07) is 6.10. The van der Waals surface area contributed by atoms with Crippen LogP contribution in [0.25, 0.3) is 0 Å². The van der Waals surface area contributed by atoms with Crippen molar-refractivity contribution < 1.29 is 14.7 Å². The van der Waals surface area contributed by atoms with Crippen LogP contribution >= 0.6 is 12.4 Å². The van der Waals surface area contributed by atoms with Crippen LogP contribution in [0.15, 0.2) is 24.3 Å². The van der Waals surface area contributed by atoms with Gasteiger partial charge < -0.3 is 5.11 Å². The summed E-state index contributed by atoms with van der Waals surface area (Å²) >= 11 is 0. The lowest BCUT2D eigenvalue weighted by atomic mass is 9.99. The molecule has 0 atom stereocenters. The highest BCUT2D eigenvalue weighted by atomic mass is 35.5. The maximum Gasteiger partial charge on any atom is 0.335 e. The van der Waals surface area contributed by atoms with Crippen LogP contribution in [0.5, 0.6) is 0 Å². The topological polar surface area (TPSA) is 54.4 Å². The second-order valence-corrected chi connectivity index (χ2v) is 3.40. The standard InChI is InChI=1S/C11H12O3.ClH/c1-7(2)10(12)8-4-3-5-9(6-8)11(13)14;/h3-7H,1-2H3,(H,13,14);1H. The van der Waals surface area contributed by atoms with Crippen LogP contribution < -0.4 is 0 Å². The number of carboxylic acid groups (broad SMARTS) is 1. The first-order valence-corrected chi connectivity index (χ1v) is 4.40. The molecule has 0 fully saturated rings. The monoisotopic (exact) mass is 228 g/mol. The van der Waals surface area contributed by atoms with Crippen LogP contribution in [0.3, 0.4) is 0 Å². The molecule has 4 heteroatoms. The summed E-state index contributed by atoms with van der Waals surface area (Å²) in [5.41, 5.74) is 0.608. The van der Waals surface area contributed by atoms with Crippen LogP contribution in [0.2, 0.25) is 0 Å². The van der Waals surface area contributed by atoms with Crippen molar-refractivity contribution in [3.63, 3.8) is 0 Å². The predicted molar refractivity (Wildman–Crippen MR) is 59.8 cm³/mol. The van der Waals surface area contributed by atoms with Crippen molar-refractivity contribution >= 4 is 24.2 Å². The SMILES string of the molecule is CC(C)C(=O)c1cccc(C(=O)O)c1.Cl. The molecule has 0 aliphatic heterocycles. The Morgan fingerprint density at radius 2 is 1.73 bits per heavy atom. The zero-order chi connectivity index (χ0) is 10.7. The third-order valence-corrected chi connectivity index (χ3v) is 1.92. The van der Waals surface area contributed by atoms with Gasteiger partial charge in [-0.05, 0) is 12.1 Å². The Balaban J connectivity index is 0.00000196. The molecular formula is C11H13ClO3. The molecule has 1 aromatic rings. The minimum Gasteiger partial charge on any atom is -0.478 e. The van der Waals surface area contributed by atoms with Gasteiger partial charge in [0.2, 0.25) is 0 Å². The van der Waals surface area contributed by atoms with E-state index in [-0.39, 0.29) is 29.7 Å². The lowest BCUT2D eigenvalue weighted by molar-refractivity contribution is 0.0697. The number of halogens is 1. The molecule has 0 saturated carbocycles. The highest BCUT2D eigenvalue weighted by Crippen LogP contribution is 2.10. The summed E-state index contributed by atoms with van der Waals surface area (Å²) in [4.78, 5) is 22.2. The number of Topliss-reactive ketones (excluding diaryl/α,β-unsaturated/α-hetero) is 1. The van der Waals surface area contributed by atoms with Gasteiger partial charge in [0.1, 0.15) is 0 Å². The largest absolute Gasteiger partial charge is 0.478 e. The van der Waals surface area contributed by atoms with Crippen molar-refractivity contribution in [1.29, 1.82) is 0 Å². The van der Waals surface area contributed by atoms with Gasteiger partial charge >= 0.3 is 5.97 Å². The van der Waals surface area contributed by atoms with Crippen LogP contribution in [-0.4, -0.2) is 16.9 Å². The Morgan fingerprint density at radius 1 is 1.20 bits per heavy atom. The molecular weight excluding hydrogens is 216 g/mol. The van der Waals surface area contributed by atoms with Crippen molar-refractivity contribution in [2.75, 3.05) is 0 Å². The number of carbonyl (C=O) groups is 2. The molecule has 1 rings (SSSR count). The molecule has 1 aromatic carbocycles. The maximum atomic E-state index is 11.5. The lowest BCUT2D eigenvalue weighted by Crippen LogP contribution is -2.08. The van der Waals surface area contributed by atoms with E-state index in [1.54, 1.807) is 26.0 Å². The number of aromatic carboxylic acids is 1. The fraction of sp³-hybridized carbons (Fsp3) is 0.273. The van der Waals surface area contributed by atoms with Gasteiger partial charge in [0.25, 0.3) is 0 Å². The zero-order valence-electron chi connectivity index (χ0n) is 8.56. The van der Waals surface area contributed by atoms with Crippen LogP contribution in [-0.2, 0) is 0 Å². The summed E-state index contributed by atoms with van der Waals surface area (Å²) in [7, 11) is 0. The number of rotatable bonds is 3. The third-order valence-electron chi connectivity index (χ3n) is 1.92. The number of ketones is 1. The number of carbonyl (C=O) groups excluding carboxylic acids is 1. The van der Waals surface area contributed by atoms with Crippen molar-refractivity contribution in [3.8, 4) is 0 Å². The molecule has 0 saturated heterocycles. The minimum absolute atomic E-state index is 0. The Hall–Kier alpha value is -1.35. The molecule has 1 N–H and O–H groups in total. The van der Waals surface area contributed by atoms with Gasteiger partial charge in [-0.15, -0.1) is 12.4 Å². The molecule has 0 amide bonds. The predicted octanol–water partition coefficient (Wildman–Crippen LogP) is 2.65. The molecule has 3 nitrogen and oxygen atoms in total. The quantitative estimate of drug-likeness (QED) is 0.810. The van der Waals surface area contributed by atoms with E-state index in [0.29, 0.717) is 5.56 Å². The Kier molecular flexibility index (Phi) is 5.02. The number of hydrogen-bond acceptors (Lipinski definition) is 2. The van der Waals surface area contributed by atoms with Crippen molar-refractivity contribution in [1.82, 2.24) is 0 Å². The van der Waals surface area contributed by atoms with Crippen LogP contribution in [0.1, 0.15) is 34.6 Å². The number of carboxylic acids is 1. The van der Waals surface area contributed by atoms with Gasteiger partial charge in [0, 0.05) is 11.5 Å². The molecule has 82 valence electrons. The Bertz CT molecular complexity index is 372. The van der Waals surface area contributed by atoms with E-state index in [1.807, 2.05) is 0 Å². The smallest absolute Gasteiger partial charge is 0.335 e. The summed E-state index contributed by atoms with van der Waals surface area (Å²) in [5, 5.41) is 8.72. The van der Waals surface area contributed by atoms with E-state index in [2.05, 4.69) is 0 Å². The lowest BCUT2D eigenvalue weighted by Gasteiger charge is -2.04. The minimum atomic E-state index is -1.01. The van der Waals surface area contributed by atoms with Gasteiger partial charge in [0.05, 0.1) is 5.56 Å². The average Bonchev–Trinajstić information content (AvgIpc) is 2.16. The second kappa shape index (κ2) is 5.51. The Labute approximate surface area is 94.5 Å². The van der Waals surface area contributed by atoms with Gasteiger partial charge in [-0.3, -0.25) is 4.79 Å². The van der Waals surface area contributed by atoms with Crippen LogP contribution in [0.4, 0.5) is 0 Å². The first kappa shape index (κ1) is 13.7. The average molecular weight is 229 g/mol. The second-order valence-electron chi connectivity index (χ2n) is 3.40. The maximum absolute atomic E-state index is 11.5. The zero-order valence-corrected chi connectivity index (χ0v) is 9.38. The highest BCUT2D eigenvalue weighted by Gasteiger charge is 2.12. The highest BCUT2D eigenvalue weighted by molar-refractivity contribution is 5.99. The van der Waals surface area contributed by atoms with E-state index >= 15 is 0 Å². The molecule has 0 radical (unpaired) electrons. The molecule has 0 heterocycles. The summed E-state index contributed by atoms with van der Waals surface area (Å²) in [6.45, 7) is 3.57. The molecule has 0 aliphatic rings. The van der Waals surface area contributed by atoms with Gasteiger partial charge in [-0.1, -0.05) is 26.0 Å².